The van der Waals surface area contributed by atoms with Crippen LogP contribution in [0.4, 0.5) is 9.59 Å². The summed E-state index contributed by atoms with van der Waals surface area (Å²) in [5.41, 5.74) is 5.80. The highest BCUT2D eigenvalue weighted by Gasteiger charge is 2.50. The zero-order valence-corrected chi connectivity index (χ0v) is 41.8. The number of carbonyl (C=O) groups is 2. The van der Waals surface area contributed by atoms with Gasteiger partial charge in [0.15, 0.2) is 0 Å². The maximum Gasteiger partial charge on any atom is 0.418 e. The van der Waals surface area contributed by atoms with Crippen LogP contribution in [0.2, 0.25) is 0 Å². The molecule has 65 heavy (non-hydrogen) atoms. The summed E-state index contributed by atoms with van der Waals surface area (Å²) in [5.74, 6) is 1.52. The van der Waals surface area contributed by atoms with Crippen molar-refractivity contribution < 1.29 is 48.6 Å². The lowest BCUT2D eigenvalue weighted by molar-refractivity contribution is -0.929. The number of unbranched alkanes of at least 4 members (excludes halogenated alkanes) is 4. The summed E-state index contributed by atoms with van der Waals surface area (Å²) in [7, 11) is -9.69. The van der Waals surface area contributed by atoms with E-state index in [4.69, 9.17) is 10.3 Å². The molecule has 0 spiro atoms. The number of urea groups is 2. The standard InChI is InChI=1S/C16H36N.C13H18N4O5S2.C12H17N5O5S2/c1-5-9-13-17(14-10-6-2,15-11-7-3)16-12-8-4;1-7-4-8(5-7)11-14-15-12(23-11)10-3-2-9-6-16(10)13(18)17(9)22-24(19,20)21;13-7-3-6(4-7)10-14-15-11(23-10)9-2-1-8-5-16(9)12(18)17(8)22-24(19,20)21/h5-16H2,1-4H3;7-10H,2-6H2,1H3,(H,19,20,21);6-9H,1-5,13H2,(H,19,20,21)/q+1;;/p-1/t;7?,8?,9-,10+;6?,7?,8-,9+/m.11/s1. The minimum Gasteiger partial charge on any atom is -0.724 e. The van der Waals surface area contributed by atoms with E-state index in [1.807, 2.05) is 0 Å². The predicted molar refractivity (Wildman–Crippen MR) is 243 cm³/mol. The van der Waals surface area contributed by atoms with Crippen LogP contribution in [0.3, 0.4) is 0 Å². The van der Waals surface area contributed by atoms with Gasteiger partial charge in [0, 0.05) is 31.0 Å². The zero-order chi connectivity index (χ0) is 47.1. The van der Waals surface area contributed by atoms with Gasteiger partial charge in [-0.3, -0.25) is 4.55 Å². The van der Waals surface area contributed by atoms with Crippen molar-refractivity contribution in [3.8, 4) is 0 Å². The summed E-state index contributed by atoms with van der Waals surface area (Å²) in [6.45, 7) is 17.9. The van der Waals surface area contributed by atoms with Gasteiger partial charge in [0.25, 0.3) is 0 Å². The lowest BCUT2D eigenvalue weighted by Crippen LogP contribution is -2.50. The number of fused-ring (bicyclic) bond motifs is 4. The molecule has 2 aromatic rings. The van der Waals surface area contributed by atoms with E-state index in [2.05, 4.69) is 63.6 Å². The Morgan fingerprint density at radius 3 is 1.40 bits per heavy atom. The second-order valence-corrected chi connectivity index (χ2v) is 22.9. The van der Waals surface area contributed by atoms with Crippen LogP contribution in [-0.4, -0.2) is 140 Å². The number of rotatable bonds is 20. The molecule has 3 N–H and O–H groups in total. The number of nitrogens with two attached hydrogens (primary N) is 1. The number of hydrogen-bond donors (Lipinski definition) is 2. The number of amides is 4. The van der Waals surface area contributed by atoms with Crippen LogP contribution in [0.1, 0.15) is 181 Å². The Morgan fingerprint density at radius 2 is 1.05 bits per heavy atom. The molecule has 4 bridgehead atoms. The van der Waals surface area contributed by atoms with Gasteiger partial charge in [0.1, 0.15) is 20.0 Å². The highest BCUT2D eigenvalue weighted by molar-refractivity contribution is 7.81. The van der Waals surface area contributed by atoms with Gasteiger partial charge >= 0.3 is 22.5 Å². The molecule has 0 radical (unpaired) electrons. The summed E-state index contributed by atoms with van der Waals surface area (Å²) in [6.07, 6.45) is 17.5. The summed E-state index contributed by atoms with van der Waals surface area (Å²) in [5, 5.41) is 21.9. The first kappa shape index (κ1) is 51.7. The topological polar surface area (TPSA) is 255 Å². The van der Waals surface area contributed by atoms with E-state index in [1.54, 1.807) is 0 Å². The van der Waals surface area contributed by atoms with Gasteiger partial charge in [-0.05, 0) is 83.0 Å². The second kappa shape index (κ2) is 22.6. The number of hydrogen-bond acceptors (Lipinski definition) is 16. The summed E-state index contributed by atoms with van der Waals surface area (Å²) >= 11 is 3.00. The van der Waals surface area contributed by atoms with Crippen LogP contribution >= 0.6 is 22.7 Å². The number of quaternary nitrogens is 1. The maximum absolute atomic E-state index is 12.4. The fourth-order valence-electron chi connectivity index (χ4n) is 9.88. The van der Waals surface area contributed by atoms with Crippen molar-refractivity contribution in [3.63, 3.8) is 0 Å². The fraction of sp³-hybridized carbons (Fsp3) is 0.854. The van der Waals surface area contributed by atoms with E-state index in [0.717, 1.165) is 56.7 Å². The molecule has 6 heterocycles. The Labute approximate surface area is 393 Å². The third-order valence-corrected chi connectivity index (χ3v) is 16.7. The Bertz CT molecular complexity index is 1930. The summed E-state index contributed by atoms with van der Waals surface area (Å²) in [4.78, 5) is 27.8. The van der Waals surface area contributed by atoms with E-state index in [-0.39, 0.29) is 18.1 Å². The molecule has 4 amide bonds. The fourth-order valence-corrected chi connectivity index (χ4v) is 12.9. The van der Waals surface area contributed by atoms with Crippen molar-refractivity contribution in [2.24, 2.45) is 11.7 Å². The smallest absolute Gasteiger partial charge is 0.418 e. The largest absolute Gasteiger partial charge is 0.724 e. The van der Waals surface area contributed by atoms with Crippen LogP contribution in [-0.2, 0) is 29.4 Å². The van der Waals surface area contributed by atoms with Crippen molar-refractivity contribution >= 4 is 55.5 Å². The summed E-state index contributed by atoms with van der Waals surface area (Å²) < 4.78 is 73.2. The van der Waals surface area contributed by atoms with E-state index >= 15 is 0 Å². The minimum atomic E-state index is -4.97. The average Bonchev–Trinajstić information content (AvgIpc) is 4.03. The first-order valence-corrected chi connectivity index (χ1v) is 28.0. The monoisotopic (exact) mass is 990 g/mol. The molecular weight excluding hydrogens is 921 g/mol. The van der Waals surface area contributed by atoms with Crippen molar-refractivity contribution in [3.05, 3.63) is 20.0 Å². The molecule has 8 rings (SSSR count). The molecule has 0 aromatic carbocycles. The van der Waals surface area contributed by atoms with Gasteiger partial charge in [0.05, 0.1) is 50.3 Å². The number of aromatic nitrogens is 4. The lowest BCUT2D eigenvalue weighted by atomic mass is 9.77. The molecule has 4 aliphatic heterocycles. The van der Waals surface area contributed by atoms with Crippen molar-refractivity contribution in [2.45, 2.75) is 179 Å². The number of hydroxylamine groups is 4. The minimum absolute atomic E-state index is 0.226. The van der Waals surface area contributed by atoms with Crippen molar-refractivity contribution in [2.75, 3.05) is 39.3 Å². The molecule has 2 aromatic heterocycles. The molecule has 4 saturated heterocycles. The Morgan fingerprint density at radius 1 is 0.662 bits per heavy atom. The van der Waals surface area contributed by atoms with Crippen LogP contribution in [0, 0.1) is 5.92 Å². The number of piperidine rings is 2. The lowest BCUT2D eigenvalue weighted by Gasteiger charge is -2.39. The molecule has 6 aliphatic rings. The zero-order valence-electron chi connectivity index (χ0n) is 38.5. The highest BCUT2D eigenvalue weighted by atomic mass is 32.3. The molecule has 4 atom stereocenters. The van der Waals surface area contributed by atoms with E-state index in [0.29, 0.717) is 55.7 Å². The first-order chi connectivity index (χ1) is 30.9. The van der Waals surface area contributed by atoms with Crippen molar-refractivity contribution in [1.82, 2.24) is 40.3 Å². The van der Waals surface area contributed by atoms with E-state index in [1.165, 1.54) is 115 Å². The van der Waals surface area contributed by atoms with Gasteiger partial charge < -0.3 is 24.6 Å². The van der Waals surface area contributed by atoms with Crippen LogP contribution in [0.25, 0.3) is 0 Å². The van der Waals surface area contributed by atoms with Crippen LogP contribution < -0.4 is 5.73 Å². The molecule has 24 heteroatoms. The van der Waals surface area contributed by atoms with E-state index in [9.17, 15) is 31.0 Å². The summed E-state index contributed by atoms with van der Waals surface area (Å²) in [6, 6.07) is -2.25. The molecule has 6 fully saturated rings. The third kappa shape index (κ3) is 13.3. The third-order valence-electron chi connectivity index (χ3n) is 13.7. The second-order valence-electron chi connectivity index (χ2n) is 18.8. The molecular formula is C41H70N10O10S4. The molecule has 0 unspecified atom stereocenters. The molecule has 20 nitrogen and oxygen atoms in total. The van der Waals surface area contributed by atoms with E-state index < -0.39 is 44.9 Å². The molecule has 2 aliphatic carbocycles. The molecule has 368 valence electrons. The van der Waals surface area contributed by atoms with Gasteiger partial charge in [-0.1, -0.05) is 83.0 Å². The normalized spacial score (nSPS) is 27.5. The Kier molecular flexibility index (Phi) is 18.0. The first-order valence-electron chi connectivity index (χ1n) is 23.7. The Hall–Kier alpha value is -2.68. The van der Waals surface area contributed by atoms with Gasteiger partial charge in [0.2, 0.25) is 10.4 Å². The van der Waals surface area contributed by atoms with Crippen LogP contribution in [0.5, 0.6) is 0 Å². The quantitative estimate of drug-likeness (QED) is 0.0785. The van der Waals surface area contributed by atoms with Gasteiger partial charge in [-0.25, -0.2) is 18.0 Å². The van der Waals surface area contributed by atoms with Gasteiger partial charge in [-0.15, -0.1) is 24.7 Å². The maximum atomic E-state index is 12.4. The number of carbonyl (C=O) groups excluding carboxylic acids is 2. The number of nitrogens with zero attached hydrogens (tertiary/aromatic N) is 9. The van der Waals surface area contributed by atoms with Crippen LogP contribution in [0.15, 0.2) is 0 Å². The average molecular weight is 991 g/mol. The van der Waals surface area contributed by atoms with Gasteiger partial charge in [-0.2, -0.15) is 22.8 Å². The Balaban J connectivity index is 0.000000165. The highest BCUT2D eigenvalue weighted by Crippen LogP contribution is 2.46. The van der Waals surface area contributed by atoms with Crippen molar-refractivity contribution in [1.29, 1.82) is 0 Å². The SMILES string of the molecule is CC1CC(c2nnc([C@@H]3CC[C@@H]4CN3C(=O)N4OS(=O)(=O)[O-])s2)C1.CCCC[N+](CCCC)(CCCC)CCCC.NC1CC(c2nnc([C@@H]3CC[C@@H]4CN3C(=O)N4OS(=O)(=O)O)s2)C1. The molecule has 2 saturated carbocycles. The predicted octanol–water partition coefficient (Wildman–Crippen LogP) is 6.81.